The Morgan fingerprint density at radius 2 is 2.06 bits per heavy atom. The predicted molar refractivity (Wildman–Crippen MR) is 70.2 cm³/mol. The van der Waals surface area contributed by atoms with E-state index in [9.17, 15) is 4.21 Å². The summed E-state index contributed by atoms with van der Waals surface area (Å²) in [7, 11) is -0.780. The topological polar surface area (TPSA) is 55.4 Å². The molecule has 1 aromatic carbocycles. The summed E-state index contributed by atoms with van der Waals surface area (Å²) in [5, 5.41) is 0.173. The van der Waals surface area contributed by atoms with Crippen molar-refractivity contribution in [3.05, 3.63) is 35.9 Å². The SMILES string of the molecule is CC(CCN=C(N)c1ccccc1)S(C)=O. The van der Waals surface area contributed by atoms with Crippen LogP contribution in [-0.2, 0) is 10.8 Å². The van der Waals surface area contributed by atoms with Crippen LogP contribution in [-0.4, -0.2) is 28.1 Å². The fraction of sp³-hybridized carbons (Fsp3) is 0.417. The predicted octanol–water partition coefficient (Wildman–Crippen LogP) is 1.55. The molecule has 1 aromatic rings. The van der Waals surface area contributed by atoms with Crippen molar-refractivity contribution in [1.29, 1.82) is 0 Å². The van der Waals surface area contributed by atoms with Crippen molar-refractivity contribution in [3.63, 3.8) is 0 Å². The molecule has 0 amide bonds. The van der Waals surface area contributed by atoms with E-state index in [-0.39, 0.29) is 5.25 Å². The second-order valence-electron chi connectivity index (χ2n) is 3.73. The number of rotatable bonds is 5. The normalized spacial score (nSPS) is 15.8. The van der Waals surface area contributed by atoms with Crippen molar-refractivity contribution in [2.45, 2.75) is 18.6 Å². The summed E-state index contributed by atoms with van der Waals surface area (Å²) in [6.07, 6.45) is 2.52. The highest BCUT2D eigenvalue weighted by Crippen LogP contribution is 2.01. The third-order valence-electron chi connectivity index (χ3n) is 2.45. The van der Waals surface area contributed by atoms with Crippen molar-refractivity contribution in [1.82, 2.24) is 0 Å². The van der Waals surface area contributed by atoms with Crippen LogP contribution in [0.25, 0.3) is 0 Å². The zero-order chi connectivity index (χ0) is 12.0. The second-order valence-corrected chi connectivity index (χ2v) is 5.53. The van der Waals surface area contributed by atoms with Crippen LogP contribution in [0.2, 0.25) is 0 Å². The first-order valence-electron chi connectivity index (χ1n) is 5.29. The third-order valence-corrected chi connectivity index (χ3v) is 3.82. The highest BCUT2D eigenvalue weighted by atomic mass is 32.2. The number of hydrogen-bond donors (Lipinski definition) is 1. The van der Waals surface area contributed by atoms with E-state index in [4.69, 9.17) is 5.73 Å². The summed E-state index contributed by atoms with van der Waals surface area (Å²) in [5.41, 5.74) is 6.77. The number of nitrogens with zero attached hydrogens (tertiary/aromatic N) is 1. The number of aliphatic imine (C=N–C) groups is 1. The minimum absolute atomic E-state index is 0.173. The molecule has 3 nitrogen and oxygen atoms in total. The first-order chi connectivity index (χ1) is 7.61. The van der Waals surface area contributed by atoms with Gasteiger partial charge in [0.2, 0.25) is 0 Å². The number of nitrogens with two attached hydrogens (primary N) is 1. The molecule has 2 atom stereocenters. The largest absolute Gasteiger partial charge is 0.384 e. The van der Waals surface area contributed by atoms with Gasteiger partial charge in [-0.2, -0.15) is 0 Å². The van der Waals surface area contributed by atoms with Gasteiger partial charge in [0.05, 0.1) is 0 Å². The van der Waals surface area contributed by atoms with Crippen molar-refractivity contribution < 1.29 is 4.21 Å². The lowest BCUT2D eigenvalue weighted by Crippen LogP contribution is -2.16. The molecule has 0 saturated heterocycles. The van der Waals surface area contributed by atoms with Gasteiger partial charge in [-0.3, -0.25) is 9.20 Å². The van der Waals surface area contributed by atoms with Crippen molar-refractivity contribution in [3.8, 4) is 0 Å². The monoisotopic (exact) mass is 238 g/mol. The third kappa shape index (κ3) is 4.14. The molecule has 0 spiro atoms. The van der Waals surface area contributed by atoms with Crippen LogP contribution in [0.5, 0.6) is 0 Å². The highest BCUT2D eigenvalue weighted by molar-refractivity contribution is 7.84. The van der Waals surface area contributed by atoms with E-state index >= 15 is 0 Å². The Morgan fingerprint density at radius 3 is 2.62 bits per heavy atom. The minimum atomic E-state index is -0.780. The van der Waals surface area contributed by atoms with E-state index in [0.717, 1.165) is 12.0 Å². The lowest BCUT2D eigenvalue weighted by Gasteiger charge is -2.06. The summed E-state index contributed by atoms with van der Waals surface area (Å²) in [6, 6.07) is 9.67. The zero-order valence-corrected chi connectivity index (χ0v) is 10.5. The second kappa shape index (κ2) is 6.43. The Kier molecular flexibility index (Phi) is 5.19. The average molecular weight is 238 g/mol. The molecule has 2 unspecified atom stereocenters. The number of hydrogen-bond acceptors (Lipinski definition) is 2. The molecular weight excluding hydrogens is 220 g/mol. The molecule has 0 aromatic heterocycles. The van der Waals surface area contributed by atoms with Gasteiger partial charge in [0, 0.05) is 34.4 Å². The first kappa shape index (κ1) is 12.9. The van der Waals surface area contributed by atoms with Crippen LogP contribution in [0, 0.1) is 0 Å². The van der Waals surface area contributed by atoms with E-state index in [1.54, 1.807) is 6.26 Å². The number of amidine groups is 1. The van der Waals surface area contributed by atoms with Crippen LogP contribution < -0.4 is 5.73 Å². The molecule has 0 bridgehead atoms. The van der Waals surface area contributed by atoms with Crippen molar-refractivity contribution >= 4 is 16.6 Å². The Hall–Kier alpha value is -1.16. The maximum atomic E-state index is 11.1. The minimum Gasteiger partial charge on any atom is -0.384 e. The van der Waals surface area contributed by atoms with E-state index in [2.05, 4.69) is 4.99 Å². The van der Waals surface area contributed by atoms with E-state index in [1.165, 1.54) is 0 Å². The molecule has 16 heavy (non-hydrogen) atoms. The van der Waals surface area contributed by atoms with Gasteiger partial charge in [-0.15, -0.1) is 0 Å². The fourth-order valence-electron chi connectivity index (χ4n) is 1.23. The lowest BCUT2D eigenvalue weighted by atomic mass is 10.2. The Balaban J connectivity index is 2.49. The van der Waals surface area contributed by atoms with Gasteiger partial charge >= 0.3 is 0 Å². The average Bonchev–Trinajstić information content (AvgIpc) is 2.29. The van der Waals surface area contributed by atoms with Crippen LogP contribution in [0.4, 0.5) is 0 Å². The van der Waals surface area contributed by atoms with Gasteiger partial charge in [0.1, 0.15) is 5.84 Å². The quantitative estimate of drug-likeness (QED) is 0.625. The molecule has 0 heterocycles. The molecule has 0 radical (unpaired) electrons. The Bertz CT molecular complexity index is 376. The number of benzene rings is 1. The van der Waals surface area contributed by atoms with Crippen molar-refractivity contribution in [2.75, 3.05) is 12.8 Å². The molecule has 4 heteroatoms. The first-order valence-corrected chi connectivity index (χ1v) is 6.91. The smallest absolute Gasteiger partial charge is 0.125 e. The maximum Gasteiger partial charge on any atom is 0.125 e. The molecule has 1 rings (SSSR count). The van der Waals surface area contributed by atoms with Gasteiger partial charge in [0.15, 0.2) is 0 Å². The van der Waals surface area contributed by atoms with Crippen molar-refractivity contribution in [2.24, 2.45) is 10.7 Å². The molecule has 0 aliphatic rings. The molecule has 0 fully saturated rings. The van der Waals surface area contributed by atoms with Gasteiger partial charge < -0.3 is 5.73 Å². The van der Waals surface area contributed by atoms with E-state index < -0.39 is 10.8 Å². The van der Waals surface area contributed by atoms with Crippen LogP contribution in [0.1, 0.15) is 18.9 Å². The zero-order valence-electron chi connectivity index (χ0n) is 9.72. The van der Waals surface area contributed by atoms with Gasteiger partial charge in [-0.25, -0.2) is 0 Å². The van der Waals surface area contributed by atoms with E-state index in [1.807, 2.05) is 37.3 Å². The van der Waals surface area contributed by atoms with Crippen LogP contribution >= 0.6 is 0 Å². The van der Waals surface area contributed by atoms with Crippen LogP contribution in [0.15, 0.2) is 35.3 Å². The lowest BCUT2D eigenvalue weighted by molar-refractivity contribution is 0.670. The molecule has 0 saturated carbocycles. The molecular formula is C12H18N2OS. The van der Waals surface area contributed by atoms with Crippen LogP contribution in [0.3, 0.4) is 0 Å². The summed E-state index contributed by atoms with van der Waals surface area (Å²) < 4.78 is 11.1. The summed E-state index contributed by atoms with van der Waals surface area (Å²) in [6.45, 7) is 2.59. The van der Waals surface area contributed by atoms with Gasteiger partial charge in [0.25, 0.3) is 0 Å². The van der Waals surface area contributed by atoms with Gasteiger partial charge in [-0.05, 0) is 6.42 Å². The van der Waals surface area contributed by atoms with E-state index in [0.29, 0.717) is 12.4 Å². The summed E-state index contributed by atoms with van der Waals surface area (Å²) >= 11 is 0. The maximum absolute atomic E-state index is 11.1. The molecule has 0 aliphatic carbocycles. The summed E-state index contributed by atoms with van der Waals surface area (Å²) in [4.78, 5) is 4.28. The standard InChI is InChI=1S/C12H18N2OS/c1-10(16(2)15)8-9-14-12(13)11-6-4-3-5-7-11/h3-7,10H,8-9H2,1-2H3,(H2,13,14). The Morgan fingerprint density at radius 1 is 1.44 bits per heavy atom. The molecule has 0 aliphatic heterocycles. The highest BCUT2D eigenvalue weighted by Gasteiger charge is 2.05. The Labute approximate surface area is 99.2 Å². The molecule has 88 valence electrons. The summed E-state index contributed by atoms with van der Waals surface area (Å²) in [5.74, 6) is 0.551. The van der Waals surface area contributed by atoms with Gasteiger partial charge in [-0.1, -0.05) is 37.3 Å². The molecule has 2 N–H and O–H groups in total. The fourth-order valence-corrected chi connectivity index (χ4v) is 1.67.